The molecule has 0 atom stereocenters. The minimum atomic E-state index is -0.498. The Morgan fingerprint density at radius 3 is 2.64 bits per heavy atom. The predicted molar refractivity (Wildman–Crippen MR) is 83.1 cm³/mol. The van der Waals surface area contributed by atoms with Gasteiger partial charge in [-0.3, -0.25) is 4.79 Å². The average molecular weight is 301 g/mol. The minimum Gasteiger partial charge on any atom is -0.507 e. The van der Waals surface area contributed by atoms with Crippen LogP contribution in [0.15, 0.2) is 21.3 Å². The third kappa shape index (κ3) is 2.47. The van der Waals surface area contributed by atoms with E-state index < -0.39 is 5.63 Å². The molecule has 0 spiro atoms. The third-order valence-electron chi connectivity index (χ3n) is 4.29. The second-order valence-corrected chi connectivity index (χ2v) is 5.91. The number of nitrogens with zero attached hydrogens (tertiary/aromatic N) is 1. The summed E-state index contributed by atoms with van der Waals surface area (Å²) in [5, 5.41) is 10.6. The van der Waals surface area contributed by atoms with Crippen molar-refractivity contribution in [2.45, 2.75) is 33.1 Å². The molecule has 0 aliphatic carbocycles. The van der Waals surface area contributed by atoms with Gasteiger partial charge < -0.3 is 14.4 Å². The summed E-state index contributed by atoms with van der Waals surface area (Å²) < 4.78 is 5.31. The molecule has 116 valence electrons. The predicted octanol–water partition coefficient (Wildman–Crippen LogP) is 2.28. The first-order valence-corrected chi connectivity index (χ1v) is 7.51. The molecular weight excluding hydrogens is 282 g/mol. The van der Waals surface area contributed by atoms with Gasteiger partial charge in [-0.2, -0.15) is 0 Å². The number of hydrogen-bond acceptors (Lipinski definition) is 4. The standard InChI is InChI=1S/C17H19NO4/c1-10-7-13(19)16-11(2)12(17(21)22-14(16)8-10)9-15(20)18-5-3-4-6-18/h7-8,19H,3-6,9H2,1-2H3. The molecule has 1 amide bonds. The van der Waals surface area contributed by atoms with Crippen LogP contribution >= 0.6 is 0 Å². The first kappa shape index (κ1) is 14.6. The molecule has 0 saturated carbocycles. The van der Waals surface area contributed by atoms with Crippen LogP contribution < -0.4 is 5.63 Å². The Hall–Kier alpha value is -2.30. The fourth-order valence-corrected chi connectivity index (χ4v) is 3.09. The lowest BCUT2D eigenvalue weighted by atomic mass is 10.0. The fourth-order valence-electron chi connectivity index (χ4n) is 3.09. The van der Waals surface area contributed by atoms with Gasteiger partial charge in [0.2, 0.25) is 5.91 Å². The molecule has 5 heteroatoms. The zero-order valence-corrected chi connectivity index (χ0v) is 12.8. The molecule has 0 unspecified atom stereocenters. The molecule has 1 aromatic heterocycles. The van der Waals surface area contributed by atoms with Gasteiger partial charge in [-0.05, 0) is 49.9 Å². The summed E-state index contributed by atoms with van der Waals surface area (Å²) in [7, 11) is 0. The Kier molecular flexibility index (Phi) is 3.64. The van der Waals surface area contributed by atoms with Gasteiger partial charge in [0.25, 0.3) is 0 Å². The van der Waals surface area contributed by atoms with E-state index in [9.17, 15) is 14.7 Å². The Labute approximate surface area is 128 Å². The lowest BCUT2D eigenvalue weighted by Gasteiger charge is -2.16. The van der Waals surface area contributed by atoms with E-state index in [0.29, 0.717) is 22.1 Å². The highest BCUT2D eigenvalue weighted by Gasteiger charge is 2.22. The number of carbonyl (C=O) groups is 1. The number of benzene rings is 1. The topological polar surface area (TPSA) is 70.8 Å². The molecule has 1 N–H and O–H groups in total. The highest BCUT2D eigenvalue weighted by atomic mass is 16.4. The molecule has 5 nitrogen and oxygen atoms in total. The monoisotopic (exact) mass is 301 g/mol. The van der Waals surface area contributed by atoms with Crippen molar-refractivity contribution in [1.82, 2.24) is 4.90 Å². The van der Waals surface area contributed by atoms with E-state index in [1.54, 1.807) is 24.0 Å². The number of fused-ring (bicyclic) bond motifs is 1. The average Bonchev–Trinajstić information content (AvgIpc) is 2.96. The Bertz CT molecular complexity index is 800. The molecule has 0 radical (unpaired) electrons. The number of rotatable bonds is 2. The quantitative estimate of drug-likeness (QED) is 0.864. The highest BCUT2D eigenvalue weighted by Crippen LogP contribution is 2.30. The maximum Gasteiger partial charge on any atom is 0.340 e. The summed E-state index contributed by atoms with van der Waals surface area (Å²) in [5.41, 5.74) is 1.63. The zero-order chi connectivity index (χ0) is 15.9. The van der Waals surface area contributed by atoms with Crippen molar-refractivity contribution in [2.75, 3.05) is 13.1 Å². The van der Waals surface area contributed by atoms with E-state index in [-0.39, 0.29) is 18.1 Å². The highest BCUT2D eigenvalue weighted by molar-refractivity contribution is 5.89. The lowest BCUT2D eigenvalue weighted by Crippen LogP contribution is -2.31. The Morgan fingerprint density at radius 1 is 1.27 bits per heavy atom. The SMILES string of the molecule is Cc1cc(O)c2c(C)c(CC(=O)N3CCCC3)c(=O)oc2c1. The van der Waals surface area contributed by atoms with E-state index in [2.05, 4.69) is 0 Å². The number of phenols is 1. The molecule has 0 bridgehead atoms. The van der Waals surface area contributed by atoms with E-state index in [1.165, 1.54) is 0 Å². The van der Waals surface area contributed by atoms with Crippen molar-refractivity contribution < 1.29 is 14.3 Å². The Balaban J connectivity index is 2.06. The van der Waals surface area contributed by atoms with Crippen LogP contribution in [0.4, 0.5) is 0 Å². The van der Waals surface area contributed by atoms with E-state index in [1.807, 2.05) is 6.92 Å². The molecule has 1 fully saturated rings. The Morgan fingerprint density at radius 2 is 1.95 bits per heavy atom. The molecule has 22 heavy (non-hydrogen) atoms. The van der Waals surface area contributed by atoms with Crippen LogP contribution in [0, 0.1) is 13.8 Å². The van der Waals surface area contributed by atoms with Gasteiger partial charge in [0.15, 0.2) is 0 Å². The number of carbonyl (C=O) groups excluding carboxylic acids is 1. The normalized spacial score (nSPS) is 14.7. The van der Waals surface area contributed by atoms with Gasteiger partial charge in [0.05, 0.1) is 17.4 Å². The van der Waals surface area contributed by atoms with Gasteiger partial charge in [-0.25, -0.2) is 4.79 Å². The van der Waals surface area contributed by atoms with Crippen molar-refractivity contribution in [3.05, 3.63) is 39.2 Å². The third-order valence-corrected chi connectivity index (χ3v) is 4.29. The lowest BCUT2D eigenvalue weighted by molar-refractivity contribution is -0.129. The number of phenolic OH excluding ortho intramolecular Hbond substituents is 1. The van der Waals surface area contributed by atoms with Gasteiger partial charge in [0, 0.05) is 13.1 Å². The van der Waals surface area contributed by atoms with Crippen LogP contribution in [0.1, 0.15) is 29.5 Å². The van der Waals surface area contributed by atoms with Gasteiger partial charge in [0.1, 0.15) is 11.3 Å². The van der Waals surface area contributed by atoms with Crippen LogP contribution in [-0.2, 0) is 11.2 Å². The van der Waals surface area contributed by atoms with Crippen LogP contribution in [0.3, 0.4) is 0 Å². The molecule has 1 aliphatic heterocycles. The van der Waals surface area contributed by atoms with Gasteiger partial charge >= 0.3 is 5.63 Å². The summed E-state index contributed by atoms with van der Waals surface area (Å²) in [4.78, 5) is 26.3. The number of aromatic hydroxyl groups is 1. The van der Waals surface area contributed by atoms with Gasteiger partial charge in [-0.1, -0.05) is 0 Å². The number of likely N-dealkylation sites (tertiary alicyclic amines) is 1. The van der Waals surface area contributed by atoms with E-state index in [0.717, 1.165) is 31.5 Å². The summed E-state index contributed by atoms with van der Waals surface area (Å²) in [6.45, 7) is 5.07. The molecule has 1 saturated heterocycles. The maximum absolute atomic E-state index is 12.3. The molecule has 2 aromatic rings. The molecular formula is C17H19NO4. The van der Waals surface area contributed by atoms with Crippen LogP contribution in [-0.4, -0.2) is 29.0 Å². The van der Waals surface area contributed by atoms with E-state index >= 15 is 0 Å². The summed E-state index contributed by atoms with van der Waals surface area (Å²) in [6, 6.07) is 3.34. The second-order valence-electron chi connectivity index (χ2n) is 5.91. The molecule has 2 heterocycles. The van der Waals surface area contributed by atoms with Crippen molar-refractivity contribution in [1.29, 1.82) is 0 Å². The van der Waals surface area contributed by atoms with Crippen LogP contribution in [0.25, 0.3) is 11.0 Å². The fraction of sp³-hybridized carbons (Fsp3) is 0.412. The van der Waals surface area contributed by atoms with Crippen molar-refractivity contribution in [3.8, 4) is 5.75 Å². The molecule has 1 aliphatic rings. The smallest absolute Gasteiger partial charge is 0.340 e. The summed E-state index contributed by atoms with van der Waals surface area (Å²) in [5.74, 6) is 0.0185. The zero-order valence-electron chi connectivity index (χ0n) is 12.8. The summed E-state index contributed by atoms with van der Waals surface area (Å²) >= 11 is 0. The first-order valence-electron chi connectivity index (χ1n) is 7.51. The van der Waals surface area contributed by atoms with Crippen molar-refractivity contribution in [2.24, 2.45) is 0 Å². The minimum absolute atomic E-state index is 0.0252. The maximum atomic E-state index is 12.3. The number of hydrogen-bond donors (Lipinski definition) is 1. The van der Waals surface area contributed by atoms with Crippen LogP contribution in [0.2, 0.25) is 0 Å². The number of aryl methyl sites for hydroxylation is 2. The molecule has 1 aromatic carbocycles. The van der Waals surface area contributed by atoms with Crippen LogP contribution in [0.5, 0.6) is 5.75 Å². The van der Waals surface area contributed by atoms with Gasteiger partial charge in [-0.15, -0.1) is 0 Å². The number of amides is 1. The second kappa shape index (κ2) is 5.48. The van der Waals surface area contributed by atoms with Crippen molar-refractivity contribution in [3.63, 3.8) is 0 Å². The summed E-state index contributed by atoms with van der Waals surface area (Å²) in [6.07, 6.45) is 2.05. The molecule has 3 rings (SSSR count). The first-order chi connectivity index (χ1) is 10.5. The van der Waals surface area contributed by atoms with E-state index in [4.69, 9.17) is 4.42 Å². The largest absolute Gasteiger partial charge is 0.507 e. The van der Waals surface area contributed by atoms with Crippen molar-refractivity contribution >= 4 is 16.9 Å².